The number of hydrogen-bond acceptors (Lipinski definition) is 2. The Morgan fingerprint density at radius 3 is 2.05 bits per heavy atom. The molecule has 22 heavy (non-hydrogen) atoms. The molecule has 1 aliphatic carbocycles. The molecule has 0 radical (unpaired) electrons. The molecule has 1 saturated carbocycles. The van der Waals surface area contributed by atoms with Gasteiger partial charge in [0.05, 0.1) is 0 Å². The third-order valence-electron chi connectivity index (χ3n) is 4.96. The minimum atomic E-state index is 0.768. The van der Waals surface area contributed by atoms with Crippen LogP contribution in [0.5, 0.6) is 0 Å². The van der Waals surface area contributed by atoms with Crippen LogP contribution in [0.2, 0.25) is 0 Å². The summed E-state index contributed by atoms with van der Waals surface area (Å²) in [5, 5.41) is 3.46. The van der Waals surface area contributed by atoms with E-state index in [1.807, 2.05) is 27.7 Å². The Morgan fingerprint density at radius 2 is 1.59 bits per heavy atom. The maximum Gasteiger partial charge on any atom is 0.000439 e. The molecular weight excluding hydrogens is 268 g/mol. The second kappa shape index (κ2) is 12.4. The molecule has 2 aliphatic rings. The zero-order valence-electron chi connectivity index (χ0n) is 16.7. The first kappa shape index (κ1) is 21.9. The van der Waals surface area contributed by atoms with Gasteiger partial charge in [0.15, 0.2) is 0 Å². The van der Waals surface area contributed by atoms with Gasteiger partial charge in [-0.05, 0) is 75.5 Å². The smallest absolute Gasteiger partial charge is 0.000439 e. The van der Waals surface area contributed by atoms with Gasteiger partial charge in [-0.25, -0.2) is 0 Å². The number of likely N-dealkylation sites (tertiary alicyclic amines) is 1. The third-order valence-corrected chi connectivity index (χ3v) is 4.96. The van der Waals surface area contributed by atoms with Gasteiger partial charge >= 0.3 is 0 Å². The van der Waals surface area contributed by atoms with Crippen LogP contribution in [0.4, 0.5) is 0 Å². The monoisotopic (exact) mass is 312 g/mol. The molecule has 0 atom stereocenters. The highest BCUT2D eigenvalue weighted by Crippen LogP contribution is 2.53. The number of nitrogens with zero attached hydrogens (tertiary/aromatic N) is 1. The molecule has 1 spiro atoms. The summed E-state index contributed by atoms with van der Waals surface area (Å²) in [6, 6.07) is 0. The van der Waals surface area contributed by atoms with E-state index in [1.165, 1.54) is 58.3 Å². The van der Waals surface area contributed by atoms with E-state index in [2.05, 4.69) is 31.0 Å². The quantitative estimate of drug-likeness (QED) is 0.679. The highest BCUT2D eigenvalue weighted by molar-refractivity contribution is 4.97. The average molecular weight is 313 g/mol. The zero-order chi connectivity index (χ0) is 17.0. The average Bonchev–Trinajstić information content (AvgIpc) is 2.51. The highest BCUT2D eigenvalue weighted by atomic mass is 15.1. The van der Waals surface area contributed by atoms with Gasteiger partial charge in [0.1, 0.15) is 0 Å². The normalized spacial score (nSPS) is 20.7. The van der Waals surface area contributed by atoms with Crippen LogP contribution in [0.1, 0.15) is 80.6 Å². The van der Waals surface area contributed by atoms with Crippen LogP contribution < -0.4 is 5.32 Å². The van der Waals surface area contributed by atoms with Gasteiger partial charge in [-0.1, -0.05) is 48.5 Å². The number of hydrogen-bond donors (Lipinski definition) is 1. The van der Waals surface area contributed by atoms with Crippen molar-refractivity contribution in [3.05, 3.63) is 0 Å². The molecule has 1 heterocycles. The second-order valence-electron chi connectivity index (χ2n) is 7.11. The lowest BCUT2D eigenvalue weighted by molar-refractivity contribution is -0.0180. The van der Waals surface area contributed by atoms with Crippen molar-refractivity contribution in [1.29, 1.82) is 0 Å². The van der Waals surface area contributed by atoms with E-state index in [0.717, 1.165) is 23.8 Å². The van der Waals surface area contributed by atoms with E-state index < -0.39 is 0 Å². The van der Waals surface area contributed by atoms with E-state index >= 15 is 0 Å². The van der Waals surface area contributed by atoms with Gasteiger partial charge in [-0.3, -0.25) is 0 Å². The second-order valence-corrected chi connectivity index (χ2v) is 7.11. The number of rotatable bonds is 6. The summed E-state index contributed by atoms with van der Waals surface area (Å²) < 4.78 is 0. The van der Waals surface area contributed by atoms with E-state index in [9.17, 15) is 0 Å². The number of piperidine rings is 1. The van der Waals surface area contributed by atoms with Gasteiger partial charge in [-0.15, -0.1) is 0 Å². The maximum absolute atomic E-state index is 3.46. The summed E-state index contributed by atoms with van der Waals surface area (Å²) in [4.78, 5) is 2.68. The first-order valence-corrected chi connectivity index (χ1v) is 10.1. The minimum Gasteiger partial charge on any atom is -0.317 e. The fourth-order valence-electron chi connectivity index (χ4n) is 3.99. The summed E-state index contributed by atoms with van der Waals surface area (Å²) in [5.41, 5.74) is 0.768. The van der Waals surface area contributed by atoms with Gasteiger partial charge in [0.2, 0.25) is 0 Å². The Balaban J connectivity index is 0.00000102. The molecule has 1 N–H and O–H groups in total. The first-order chi connectivity index (χ1) is 10.6. The minimum absolute atomic E-state index is 0.768. The molecule has 1 aliphatic heterocycles. The van der Waals surface area contributed by atoms with Crippen molar-refractivity contribution in [1.82, 2.24) is 10.2 Å². The van der Waals surface area contributed by atoms with Gasteiger partial charge < -0.3 is 10.2 Å². The molecule has 2 nitrogen and oxygen atoms in total. The summed E-state index contributed by atoms with van der Waals surface area (Å²) >= 11 is 0. The first-order valence-electron chi connectivity index (χ1n) is 10.1. The molecule has 2 heteroatoms. The molecule has 0 aromatic heterocycles. The van der Waals surface area contributed by atoms with Crippen molar-refractivity contribution in [3.63, 3.8) is 0 Å². The van der Waals surface area contributed by atoms with Crippen molar-refractivity contribution >= 4 is 0 Å². The number of nitrogens with one attached hydrogen (secondary N) is 1. The summed E-state index contributed by atoms with van der Waals surface area (Å²) in [5.74, 6) is 1.86. The largest absolute Gasteiger partial charge is 0.317 e. The summed E-state index contributed by atoms with van der Waals surface area (Å²) in [6.07, 6.45) is 7.39. The molecule has 0 bridgehead atoms. The molecular formula is C20H44N2. The Hall–Kier alpha value is -0.0800. The molecule has 2 rings (SSSR count). The van der Waals surface area contributed by atoms with E-state index in [4.69, 9.17) is 0 Å². The third kappa shape index (κ3) is 7.46. The van der Waals surface area contributed by atoms with Crippen molar-refractivity contribution < 1.29 is 0 Å². The van der Waals surface area contributed by atoms with Crippen LogP contribution in [0.25, 0.3) is 0 Å². The fraction of sp³-hybridized carbons (Fsp3) is 1.00. The Labute approximate surface area is 141 Å². The molecule has 0 amide bonds. The van der Waals surface area contributed by atoms with Crippen molar-refractivity contribution in [2.45, 2.75) is 80.6 Å². The van der Waals surface area contributed by atoms with E-state index in [-0.39, 0.29) is 0 Å². The van der Waals surface area contributed by atoms with Crippen molar-refractivity contribution in [3.8, 4) is 0 Å². The SMILES string of the molecule is CC.CC.CCNCCC1CC2(CCN(CC(C)C)CC2)C1. The lowest BCUT2D eigenvalue weighted by atomic mass is 9.57. The van der Waals surface area contributed by atoms with E-state index in [0.29, 0.717) is 0 Å². The molecule has 0 aromatic carbocycles. The van der Waals surface area contributed by atoms with E-state index in [1.54, 1.807) is 0 Å². The summed E-state index contributed by atoms with van der Waals surface area (Å²) in [6.45, 7) is 21.3. The maximum atomic E-state index is 3.46. The Kier molecular flexibility index (Phi) is 12.3. The Bertz CT molecular complexity index is 234. The van der Waals surface area contributed by atoms with Crippen LogP contribution in [0.15, 0.2) is 0 Å². The van der Waals surface area contributed by atoms with Gasteiger partial charge in [0, 0.05) is 6.54 Å². The molecule has 2 fully saturated rings. The van der Waals surface area contributed by atoms with Crippen LogP contribution in [-0.2, 0) is 0 Å². The topological polar surface area (TPSA) is 15.3 Å². The highest BCUT2D eigenvalue weighted by Gasteiger charge is 2.44. The molecule has 1 saturated heterocycles. The zero-order valence-corrected chi connectivity index (χ0v) is 16.7. The van der Waals surface area contributed by atoms with Crippen molar-refractivity contribution in [2.24, 2.45) is 17.3 Å². The van der Waals surface area contributed by atoms with Crippen LogP contribution in [-0.4, -0.2) is 37.6 Å². The van der Waals surface area contributed by atoms with Gasteiger partial charge in [0.25, 0.3) is 0 Å². The summed E-state index contributed by atoms with van der Waals surface area (Å²) in [7, 11) is 0. The predicted octanol–water partition coefficient (Wildman–Crippen LogP) is 5.19. The van der Waals surface area contributed by atoms with Crippen LogP contribution in [0, 0.1) is 17.3 Å². The standard InChI is InChI=1S/C16H32N2.2C2H6/c1-4-17-8-5-15-11-16(12-15)6-9-18(10-7-16)13-14(2)3;2*1-2/h14-15,17H,4-13H2,1-3H3;2*1-2H3. The van der Waals surface area contributed by atoms with Crippen LogP contribution in [0.3, 0.4) is 0 Å². The predicted molar refractivity (Wildman–Crippen MR) is 102 cm³/mol. The van der Waals surface area contributed by atoms with Crippen LogP contribution >= 0.6 is 0 Å². The lowest BCUT2D eigenvalue weighted by Crippen LogP contribution is -2.48. The van der Waals surface area contributed by atoms with Crippen molar-refractivity contribution in [2.75, 3.05) is 32.7 Å². The molecule has 0 unspecified atom stereocenters. The molecule has 0 aromatic rings. The Morgan fingerprint density at radius 1 is 1.05 bits per heavy atom. The lowest BCUT2D eigenvalue weighted by Gasteiger charge is -2.52. The van der Waals surface area contributed by atoms with Gasteiger partial charge in [-0.2, -0.15) is 0 Å². The fourth-order valence-corrected chi connectivity index (χ4v) is 3.99. The molecule has 134 valence electrons.